The lowest BCUT2D eigenvalue weighted by molar-refractivity contribution is -0.129. The third-order valence-electron chi connectivity index (χ3n) is 8.19. The molecular weight excluding hydrogens is 394 g/mol. The van der Waals surface area contributed by atoms with E-state index in [0.29, 0.717) is 18.8 Å². The first-order valence-electron chi connectivity index (χ1n) is 12.7. The van der Waals surface area contributed by atoms with Crippen molar-refractivity contribution < 1.29 is 9.59 Å². The van der Waals surface area contributed by atoms with E-state index in [2.05, 4.69) is 37.8 Å². The Morgan fingerprint density at radius 1 is 1.06 bits per heavy atom. The van der Waals surface area contributed by atoms with Crippen LogP contribution in [0, 0.1) is 29.1 Å². The molecule has 3 aliphatic carbocycles. The van der Waals surface area contributed by atoms with Crippen LogP contribution in [0.3, 0.4) is 0 Å². The fourth-order valence-corrected chi connectivity index (χ4v) is 6.20. The fraction of sp³-hybridized carbons (Fsp3) is 0.621. The highest BCUT2D eigenvalue weighted by Crippen LogP contribution is 2.45. The second kappa shape index (κ2) is 9.45. The van der Waals surface area contributed by atoms with E-state index in [1.54, 1.807) is 0 Å². The predicted octanol–water partition coefficient (Wildman–Crippen LogP) is 6.95. The van der Waals surface area contributed by atoms with Crippen LogP contribution in [-0.4, -0.2) is 17.3 Å². The Morgan fingerprint density at radius 3 is 2.47 bits per heavy atom. The highest BCUT2D eigenvalue weighted by atomic mass is 16.1. The van der Waals surface area contributed by atoms with Crippen molar-refractivity contribution in [2.24, 2.45) is 34.1 Å². The summed E-state index contributed by atoms with van der Waals surface area (Å²) in [5.74, 6) is 0.658. The molecule has 0 N–H and O–H groups in total. The highest BCUT2D eigenvalue weighted by Gasteiger charge is 2.40. The minimum absolute atomic E-state index is 0.00217. The van der Waals surface area contributed by atoms with Crippen molar-refractivity contribution in [2.75, 3.05) is 0 Å². The quantitative estimate of drug-likeness (QED) is 0.481. The lowest BCUT2D eigenvalue weighted by Gasteiger charge is -2.38. The van der Waals surface area contributed by atoms with Gasteiger partial charge in [0.05, 0.1) is 0 Å². The molecule has 3 heteroatoms. The van der Waals surface area contributed by atoms with Crippen LogP contribution in [0.5, 0.6) is 0 Å². The van der Waals surface area contributed by atoms with Gasteiger partial charge in [-0.3, -0.25) is 14.6 Å². The smallest absolute Gasteiger partial charge is 0.162 e. The van der Waals surface area contributed by atoms with Crippen molar-refractivity contribution in [3.63, 3.8) is 0 Å². The molecule has 1 aliphatic heterocycles. The van der Waals surface area contributed by atoms with Crippen LogP contribution in [0.1, 0.15) is 85.0 Å². The molecule has 1 saturated carbocycles. The molecule has 4 unspecified atom stereocenters. The average Bonchev–Trinajstić information content (AvgIpc) is 2.76. The van der Waals surface area contributed by atoms with E-state index in [4.69, 9.17) is 4.99 Å². The molecule has 0 saturated heterocycles. The van der Waals surface area contributed by atoms with Crippen LogP contribution in [0.2, 0.25) is 0 Å². The minimum atomic E-state index is -0.221. The number of Topliss-reactive ketones (excluding diaryl/α,β-unsaturated/α-hetero) is 2. The number of carbonyl (C=O) groups excluding carboxylic acids is 2. The number of rotatable bonds is 4. The molecule has 3 nitrogen and oxygen atoms in total. The summed E-state index contributed by atoms with van der Waals surface area (Å²) in [6.45, 7) is 10.7. The van der Waals surface area contributed by atoms with E-state index in [-0.39, 0.29) is 34.7 Å². The van der Waals surface area contributed by atoms with Gasteiger partial charge in [-0.05, 0) is 42.6 Å². The SMILES string of the molecule is C=C1C(CC2CCCCC2)=NC2=C(C(=O)CC(C)C(=O)C(C)C2)C1CC1(C)C=CC=CC1. The zero-order valence-corrected chi connectivity index (χ0v) is 20.2. The Kier molecular flexibility index (Phi) is 6.83. The van der Waals surface area contributed by atoms with Crippen molar-refractivity contribution >= 4 is 17.3 Å². The number of hydrogen-bond acceptors (Lipinski definition) is 3. The first kappa shape index (κ1) is 23.1. The number of hydrogen-bond donors (Lipinski definition) is 0. The summed E-state index contributed by atoms with van der Waals surface area (Å²) in [4.78, 5) is 31.4. The van der Waals surface area contributed by atoms with Gasteiger partial charge >= 0.3 is 0 Å². The van der Waals surface area contributed by atoms with Gasteiger partial charge in [0.2, 0.25) is 0 Å². The summed E-state index contributed by atoms with van der Waals surface area (Å²) >= 11 is 0. The standard InChI is InChI=1S/C29H39NO2/c1-19-15-25-27(26(31)16-20(2)28(19)32)23(18-29(4)13-9-6-10-14-29)21(3)24(30-25)17-22-11-7-5-8-12-22/h6,9-10,13,19-20,22-23H,3,5,7-8,11-12,14-18H2,1-2,4H3. The molecule has 0 aromatic carbocycles. The van der Waals surface area contributed by atoms with E-state index in [1.807, 2.05) is 13.8 Å². The van der Waals surface area contributed by atoms with Gasteiger partial charge in [0.25, 0.3) is 0 Å². The Hall–Kier alpha value is -2.03. The molecule has 4 rings (SSSR count). The zero-order valence-electron chi connectivity index (χ0n) is 20.2. The maximum Gasteiger partial charge on any atom is 0.162 e. The number of nitrogens with zero attached hydrogens (tertiary/aromatic N) is 1. The number of ketones is 2. The third-order valence-corrected chi connectivity index (χ3v) is 8.19. The third kappa shape index (κ3) is 4.82. The van der Waals surface area contributed by atoms with E-state index >= 15 is 0 Å². The van der Waals surface area contributed by atoms with Gasteiger partial charge in [0.1, 0.15) is 5.78 Å². The topological polar surface area (TPSA) is 46.5 Å². The summed E-state index contributed by atoms with van der Waals surface area (Å²) in [5, 5.41) is 0. The van der Waals surface area contributed by atoms with Gasteiger partial charge in [0, 0.05) is 41.2 Å². The monoisotopic (exact) mass is 433 g/mol. The summed E-state index contributed by atoms with van der Waals surface area (Å²) in [6.07, 6.45) is 18.9. The Bertz CT molecular complexity index is 911. The second-order valence-corrected chi connectivity index (χ2v) is 11.1. The van der Waals surface area contributed by atoms with E-state index in [0.717, 1.165) is 41.8 Å². The Balaban J connectivity index is 1.72. The first-order chi connectivity index (χ1) is 15.3. The van der Waals surface area contributed by atoms with Crippen LogP contribution in [0.15, 0.2) is 52.7 Å². The van der Waals surface area contributed by atoms with Gasteiger partial charge in [0.15, 0.2) is 5.78 Å². The molecule has 0 radical (unpaired) electrons. The van der Waals surface area contributed by atoms with E-state index in [1.165, 1.54) is 32.1 Å². The van der Waals surface area contributed by atoms with Gasteiger partial charge < -0.3 is 0 Å². The highest BCUT2D eigenvalue weighted by molar-refractivity contribution is 6.08. The molecule has 4 aliphatic rings. The molecule has 0 spiro atoms. The number of allylic oxidation sites excluding steroid dienone is 7. The molecule has 0 aromatic rings. The molecular formula is C29H39NO2. The van der Waals surface area contributed by atoms with Crippen molar-refractivity contribution in [2.45, 2.75) is 85.0 Å². The predicted molar refractivity (Wildman–Crippen MR) is 131 cm³/mol. The molecule has 172 valence electrons. The summed E-state index contributed by atoms with van der Waals surface area (Å²) < 4.78 is 0. The number of carbonyl (C=O) groups is 2. The normalized spacial score (nSPS) is 34.3. The largest absolute Gasteiger partial charge is 0.299 e. The molecule has 0 amide bonds. The summed E-state index contributed by atoms with van der Waals surface area (Å²) in [6, 6.07) is 0. The molecule has 1 fully saturated rings. The Labute approximate surface area is 193 Å². The van der Waals surface area contributed by atoms with Crippen LogP contribution in [0.25, 0.3) is 0 Å². The fourth-order valence-electron chi connectivity index (χ4n) is 6.20. The van der Waals surface area contributed by atoms with Crippen molar-refractivity contribution in [3.8, 4) is 0 Å². The molecule has 1 heterocycles. The van der Waals surface area contributed by atoms with Crippen LogP contribution in [0.4, 0.5) is 0 Å². The maximum absolute atomic E-state index is 13.5. The summed E-state index contributed by atoms with van der Waals surface area (Å²) in [7, 11) is 0. The molecule has 32 heavy (non-hydrogen) atoms. The van der Waals surface area contributed by atoms with Gasteiger partial charge in [-0.1, -0.05) is 83.8 Å². The minimum Gasteiger partial charge on any atom is -0.299 e. The molecule has 0 aromatic heterocycles. The van der Waals surface area contributed by atoms with Crippen molar-refractivity contribution in [1.82, 2.24) is 0 Å². The molecule has 4 atom stereocenters. The van der Waals surface area contributed by atoms with Crippen LogP contribution >= 0.6 is 0 Å². The second-order valence-electron chi connectivity index (χ2n) is 11.1. The lowest BCUT2D eigenvalue weighted by atomic mass is 9.67. The van der Waals surface area contributed by atoms with Gasteiger partial charge in [-0.15, -0.1) is 0 Å². The van der Waals surface area contributed by atoms with Crippen molar-refractivity contribution in [3.05, 3.63) is 47.7 Å². The maximum atomic E-state index is 13.5. The number of aliphatic imine (C=N–C) groups is 1. The zero-order chi connectivity index (χ0) is 22.9. The van der Waals surface area contributed by atoms with Crippen molar-refractivity contribution in [1.29, 1.82) is 0 Å². The Morgan fingerprint density at radius 2 is 1.78 bits per heavy atom. The van der Waals surface area contributed by atoms with E-state index in [9.17, 15) is 9.59 Å². The van der Waals surface area contributed by atoms with Gasteiger partial charge in [-0.2, -0.15) is 0 Å². The molecule has 0 bridgehead atoms. The lowest BCUT2D eigenvalue weighted by Crippen LogP contribution is -2.34. The van der Waals surface area contributed by atoms with Gasteiger partial charge in [-0.25, -0.2) is 0 Å². The first-order valence-corrected chi connectivity index (χ1v) is 12.7. The van der Waals surface area contributed by atoms with Crippen LogP contribution in [-0.2, 0) is 9.59 Å². The average molecular weight is 434 g/mol. The summed E-state index contributed by atoms with van der Waals surface area (Å²) in [5.41, 5.74) is 3.89. The van der Waals surface area contributed by atoms with E-state index < -0.39 is 0 Å². The van der Waals surface area contributed by atoms with Crippen LogP contribution < -0.4 is 0 Å².